The fraction of sp³-hybridized carbons (Fsp3) is 0.812. The minimum Gasteiger partial charge on any atom is -0.462 e. The molecule has 6 aliphatic heterocycles. The first-order chi connectivity index (χ1) is 29.5. The quantitative estimate of drug-likeness (QED) is 0.204. The third-order valence-electron chi connectivity index (χ3n) is 14.9. The lowest BCUT2D eigenvalue weighted by Gasteiger charge is -2.51. The Hall–Kier alpha value is -2.05. The molecule has 0 aromatic carbocycles. The van der Waals surface area contributed by atoms with Gasteiger partial charge < -0.3 is 62.7 Å². The molecule has 0 amide bonds. The Morgan fingerprint density at radius 1 is 0.919 bits per heavy atom. The number of fused-ring (bicyclic) bond motifs is 2. The molecule has 0 aromatic rings. The molecule has 6 heterocycles. The molecule has 0 radical (unpaired) electrons. The number of aliphatic hydroxyl groups excluding tert-OH is 2. The van der Waals surface area contributed by atoms with E-state index in [-0.39, 0.29) is 30.8 Å². The van der Waals surface area contributed by atoms with E-state index in [4.69, 9.17) is 47.4 Å². The zero-order chi connectivity index (χ0) is 44.7. The summed E-state index contributed by atoms with van der Waals surface area (Å²) in [6.45, 7) is 16.3. The Morgan fingerprint density at radius 3 is 2.35 bits per heavy atom. The molecule has 3 N–H and O–H groups in total. The molecular formula is C48H74O14. The van der Waals surface area contributed by atoms with E-state index in [0.717, 1.165) is 18.4 Å². The average molecular weight is 875 g/mol. The van der Waals surface area contributed by atoms with Crippen LogP contribution in [0, 0.1) is 23.7 Å². The first-order valence-electron chi connectivity index (χ1n) is 23.2. The van der Waals surface area contributed by atoms with Crippen molar-refractivity contribution in [2.75, 3.05) is 20.8 Å². The van der Waals surface area contributed by atoms with Gasteiger partial charge in [-0.2, -0.15) is 0 Å². The number of ether oxygens (including phenoxy) is 10. The van der Waals surface area contributed by atoms with Crippen molar-refractivity contribution in [1.82, 2.24) is 0 Å². The number of allylic oxidation sites excluding steroid dienone is 2. The summed E-state index contributed by atoms with van der Waals surface area (Å²) in [5, 5.41) is 34.2. The van der Waals surface area contributed by atoms with E-state index in [2.05, 4.69) is 40.7 Å². The summed E-state index contributed by atoms with van der Waals surface area (Å²) in [5.41, 5.74) is 0.188. The van der Waals surface area contributed by atoms with E-state index >= 15 is 0 Å². The summed E-state index contributed by atoms with van der Waals surface area (Å²) in [5.74, 6) is -2.10. The molecular weight excluding hydrogens is 801 g/mol. The molecule has 2 bridgehead atoms. The maximum Gasteiger partial charge on any atom is 0.316 e. The second kappa shape index (κ2) is 19.8. The van der Waals surface area contributed by atoms with E-state index < -0.39 is 90.8 Å². The van der Waals surface area contributed by atoms with Gasteiger partial charge in [-0.1, -0.05) is 64.5 Å². The topological polar surface area (TPSA) is 170 Å². The first kappa shape index (κ1) is 47.9. The number of carbonyl (C=O) groups is 1. The van der Waals surface area contributed by atoms with Gasteiger partial charge in [-0.15, -0.1) is 0 Å². The molecule has 1 aliphatic carbocycles. The van der Waals surface area contributed by atoms with Crippen molar-refractivity contribution in [2.24, 2.45) is 23.7 Å². The molecule has 7 rings (SSSR count). The Bertz CT molecular complexity index is 1680. The van der Waals surface area contributed by atoms with E-state index in [1.54, 1.807) is 40.2 Å². The van der Waals surface area contributed by atoms with Crippen LogP contribution in [0.2, 0.25) is 0 Å². The number of hydrogen-bond acceptors (Lipinski definition) is 14. The Balaban J connectivity index is 1.18. The maximum absolute atomic E-state index is 14.4. The number of carbonyl (C=O) groups excluding carboxylic acids is 1. The predicted octanol–water partition coefficient (Wildman–Crippen LogP) is 5.60. The van der Waals surface area contributed by atoms with Crippen LogP contribution in [0.25, 0.3) is 0 Å². The van der Waals surface area contributed by atoms with Crippen LogP contribution >= 0.6 is 0 Å². The molecule has 1 spiro atoms. The van der Waals surface area contributed by atoms with E-state index in [1.807, 2.05) is 19.1 Å². The summed E-state index contributed by atoms with van der Waals surface area (Å²) in [4.78, 5) is 14.4. The molecule has 0 saturated carbocycles. The van der Waals surface area contributed by atoms with Gasteiger partial charge in [0.15, 0.2) is 18.4 Å². The SMILES string of the molecule is CC[C@H](C)[C@H]1O[C@]2(CC[C@@H]1C)C[C@@H]1C[C@@H](CC=C(C)C(O[C@H]3C[C@H](OC)[C@@H](O[C@H]4C[C@H](OC)[C@@H](O)[C@H](C)O4)[C@H](C)O3)C(C)C=CC=C3CO[C@@H]4[C@H](O)C(C)=C[C@@H](C(=O)O1)[C@]34O)O2. The lowest BCUT2D eigenvalue weighted by molar-refractivity contribution is -0.340. The van der Waals surface area contributed by atoms with Gasteiger partial charge in [0.1, 0.15) is 42.0 Å². The summed E-state index contributed by atoms with van der Waals surface area (Å²) < 4.78 is 63.9. The third-order valence-corrected chi connectivity index (χ3v) is 14.9. The monoisotopic (exact) mass is 875 g/mol. The van der Waals surface area contributed by atoms with E-state index in [1.165, 1.54) is 0 Å². The Morgan fingerprint density at radius 2 is 1.63 bits per heavy atom. The first-order valence-corrected chi connectivity index (χ1v) is 23.2. The molecule has 5 fully saturated rings. The van der Waals surface area contributed by atoms with E-state index in [0.29, 0.717) is 61.5 Å². The number of esters is 1. The summed E-state index contributed by atoms with van der Waals surface area (Å²) >= 11 is 0. The van der Waals surface area contributed by atoms with Crippen molar-refractivity contribution in [2.45, 2.75) is 204 Å². The van der Waals surface area contributed by atoms with Gasteiger partial charge in [0, 0.05) is 52.2 Å². The summed E-state index contributed by atoms with van der Waals surface area (Å²) in [6, 6.07) is 0. The highest BCUT2D eigenvalue weighted by molar-refractivity contribution is 5.78. The summed E-state index contributed by atoms with van der Waals surface area (Å²) in [7, 11) is 3.23. The fourth-order valence-corrected chi connectivity index (χ4v) is 11.0. The van der Waals surface area contributed by atoms with Gasteiger partial charge in [0.2, 0.25) is 0 Å². The molecule has 20 atom stereocenters. The van der Waals surface area contributed by atoms with Crippen LogP contribution in [0.4, 0.5) is 0 Å². The number of aliphatic hydroxyl groups is 3. The molecule has 7 aliphatic rings. The highest BCUT2D eigenvalue weighted by Gasteiger charge is 2.60. The third kappa shape index (κ3) is 9.73. The molecule has 2 unspecified atom stereocenters. The standard InChI is InChI=1S/C48H74O14/c1-11-25(2)43-28(5)17-18-47(62-43)23-34-20-33(61-47)16-15-27(4)42(26(3)13-12-14-32-24-55-45-40(49)29(6)19-35(46(51)58-34)48(32,45)52)59-39-22-37(54-10)44(31(8)57-39)60-38-21-36(53-9)41(50)30(7)56-38/h12-15,19,25-26,28,30-31,33-45,49-50,52H,11,16-18,20-24H2,1-10H3/t25-,26?,28-,30-,31-,33+,34-,35-,36-,37-,38-,39-,40+,41-,42?,43+,44-,45+,47+,48+/m0/s1. The van der Waals surface area contributed by atoms with Crippen LogP contribution in [0.3, 0.4) is 0 Å². The molecule has 0 aromatic heterocycles. The minimum atomic E-state index is -1.82. The number of methoxy groups -OCH3 is 2. The molecule has 14 nitrogen and oxygen atoms in total. The van der Waals surface area contributed by atoms with Gasteiger partial charge in [0.05, 0.1) is 49.3 Å². The minimum absolute atomic E-state index is 0.00708. The van der Waals surface area contributed by atoms with Gasteiger partial charge >= 0.3 is 5.97 Å². The van der Waals surface area contributed by atoms with Crippen molar-refractivity contribution >= 4 is 5.97 Å². The average Bonchev–Trinajstić information content (AvgIpc) is 3.58. The van der Waals surface area contributed by atoms with Crippen LogP contribution in [0.5, 0.6) is 0 Å². The van der Waals surface area contributed by atoms with Crippen molar-refractivity contribution < 1.29 is 67.5 Å². The van der Waals surface area contributed by atoms with Crippen molar-refractivity contribution in [3.63, 3.8) is 0 Å². The second-order valence-electron chi connectivity index (χ2n) is 19.4. The van der Waals surface area contributed by atoms with Crippen LogP contribution in [0.15, 0.2) is 47.1 Å². The highest BCUT2D eigenvalue weighted by atomic mass is 16.7. The Kier molecular flexibility index (Phi) is 15.3. The van der Waals surface area contributed by atoms with Gasteiger partial charge in [-0.05, 0) is 69.1 Å². The lowest BCUT2D eigenvalue weighted by Crippen LogP contribution is -2.58. The second-order valence-corrected chi connectivity index (χ2v) is 19.4. The normalized spacial score (nSPS) is 47.2. The summed E-state index contributed by atoms with van der Waals surface area (Å²) in [6.07, 6.45) is 6.53. The van der Waals surface area contributed by atoms with Crippen LogP contribution in [-0.2, 0) is 52.2 Å². The van der Waals surface area contributed by atoms with Gasteiger partial charge in [-0.3, -0.25) is 4.79 Å². The smallest absolute Gasteiger partial charge is 0.316 e. The van der Waals surface area contributed by atoms with E-state index in [9.17, 15) is 20.1 Å². The van der Waals surface area contributed by atoms with Gasteiger partial charge in [0.25, 0.3) is 0 Å². The molecule has 350 valence electrons. The maximum atomic E-state index is 14.4. The van der Waals surface area contributed by atoms with Crippen molar-refractivity contribution in [3.05, 3.63) is 47.1 Å². The largest absolute Gasteiger partial charge is 0.462 e. The Labute approximate surface area is 368 Å². The predicted molar refractivity (Wildman–Crippen MR) is 227 cm³/mol. The fourth-order valence-electron chi connectivity index (χ4n) is 11.0. The van der Waals surface area contributed by atoms with Crippen LogP contribution < -0.4 is 0 Å². The molecule has 14 heteroatoms. The lowest BCUT2D eigenvalue weighted by atomic mass is 9.71. The van der Waals surface area contributed by atoms with Gasteiger partial charge in [-0.25, -0.2) is 0 Å². The van der Waals surface area contributed by atoms with Crippen LogP contribution in [-0.4, -0.2) is 139 Å². The van der Waals surface area contributed by atoms with Crippen molar-refractivity contribution in [1.29, 1.82) is 0 Å². The van der Waals surface area contributed by atoms with Crippen molar-refractivity contribution in [3.8, 4) is 0 Å². The molecule has 62 heavy (non-hydrogen) atoms. The van der Waals surface area contributed by atoms with Crippen LogP contribution in [0.1, 0.15) is 107 Å². The number of rotatable bonds is 8. The number of hydrogen-bond donors (Lipinski definition) is 3. The highest BCUT2D eigenvalue weighted by Crippen LogP contribution is 2.48. The zero-order valence-electron chi connectivity index (χ0n) is 38.5. The zero-order valence-corrected chi connectivity index (χ0v) is 38.5. The molecule has 5 saturated heterocycles.